The summed E-state index contributed by atoms with van der Waals surface area (Å²) >= 11 is 2.24. The van der Waals surface area contributed by atoms with Gasteiger partial charge >= 0.3 is 5.97 Å². The third-order valence-electron chi connectivity index (χ3n) is 2.49. The molecule has 0 fully saturated rings. The largest absolute Gasteiger partial charge is 0.480 e. The van der Waals surface area contributed by atoms with Gasteiger partial charge in [0, 0.05) is 27.1 Å². The van der Waals surface area contributed by atoms with Crippen molar-refractivity contribution in [3.8, 4) is 0 Å². The van der Waals surface area contributed by atoms with Crippen LogP contribution in [-0.4, -0.2) is 22.1 Å². The lowest BCUT2D eigenvalue weighted by atomic mass is 10.1. The molecule has 0 spiro atoms. The van der Waals surface area contributed by atoms with Crippen LogP contribution in [0.15, 0.2) is 24.4 Å². The summed E-state index contributed by atoms with van der Waals surface area (Å²) in [5.74, 6) is -0.972. The van der Waals surface area contributed by atoms with Crippen LogP contribution in [0.2, 0.25) is 0 Å². The zero-order valence-electron chi connectivity index (χ0n) is 8.40. The Morgan fingerprint density at radius 2 is 2.31 bits per heavy atom. The second-order valence-corrected chi connectivity index (χ2v) is 4.79. The smallest absolute Gasteiger partial charge is 0.320 e. The fourth-order valence-corrected chi connectivity index (χ4v) is 2.54. The molecule has 16 heavy (non-hydrogen) atoms. The highest BCUT2D eigenvalue weighted by atomic mass is 127. The van der Waals surface area contributed by atoms with Crippen molar-refractivity contribution in [2.24, 2.45) is 5.73 Å². The van der Waals surface area contributed by atoms with E-state index in [0.29, 0.717) is 6.42 Å². The predicted octanol–water partition coefficient (Wildman–Crippen LogP) is 1.73. The number of aliphatic carboxylic acids is 1. The van der Waals surface area contributed by atoms with E-state index in [1.54, 1.807) is 0 Å². The van der Waals surface area contributed by atoms with Gasteiger partial charge in [-0.2, -0.15) is 0 Å². The maximum absolute atomic E-state index is 10.7. The van der Waals surface area contributed by atoms with E-state index in [1.165, 1.54) is 0 Å². The molecular formula is C11H11IN2O2. The highest BCUT2D eigenvalue weighted by Crippen LogP contribution is 2.24. The molecule has 1 aromatic heterocycles. The van der Waals surface area contributed by atoms with Crippen molar-refractivity contribution in [1.82, 2.24) is 4.98 Å². The second kappa shape index (κ2) is 4.42. The first-order valence-corrected chi connectivity index (χ1v) is 5.90. The van der Waals surface area contributed by atoms with Gasteiger partial charge in [0.15, 0.2) is 0 Å². The summed E-state index contributed by atoms with van der Waals surface area (Å²) in [4.78, 5) is 13.8. The van der Waals surface area contributed by atoms with Crippen molar-refractivity contribution >= 4 is 39.5 Å². The Balaban J connectivity index is 2.42. The number of aromatic amines is 1. The van der Waals surface area contributed by atoms with Crippen molar-refractivity contribution < 1.29 is 9.90 Å². The standard InChI is InChI=1S/C11H11IN2O2/c12-7-2-1-3-9-10(7)6(5-14-9)4-8(13)11(15)16/h1-3,5,8,14H,4,13H2,(H,15,16)/t8-/m0/s1. The zero-order valence-corrected chi connectivity index (χ0v) is 10.6. The summed E-state index contributed by atoms with van der Waals surface area (Å²) in [6.45, 7) is 0. The van der Waals surface area contributed by atoms with Gasteiger partial charge in [0.2, 0.25) is 0 Å². The molecule has 0 radical (unpaired) electrons. The number of hydrogen-bond acceptors (Lipinski definition) is 2. The van der Waals surface area contributed by atoms with E-state index in [-0.39, 0.29) is 0 Å². The minimum absolute atomic E-state index is 0.343. The number of carboxylic acid groups (broad SMARTS) is 1. The Kier molecular flexibility index (Phi) is 3.15. The number of halogens is 1. The normalized spacial score (nSPS) is 12.9. The summed E-state index contributed by atoms with van der Waals surface area (Å²) in [6.07, 6.45) is 2.17. The van der Waals surface area contributed by atoms with E-state index < -0.39 is 12.0 Å². The number of carbonyl (C=O) groups is 1. The topological polar surface area (TPSA) is 79.1 Å². The van der Waals surface area contributed by atoms with E-state index in [1.807, 2.05) is 24.4 Å². The Morgan fingerprint density at radius 3 is 3.00 bits per heavy atom. The lowest BCUT2D eigenvalue weighted by Gasteiger charge is -2.05. The quantitative estimate of drug-likeness (QED) is 0.750. The van der Waals surface area contributed by atoms with Gasteiger partial charge in [-0.05, 0) is 40.3 Å². The number of hydrogen-bond donors (Lipinski definition) is 3. The van der Waals surface area contributed by atoms with Crippen LogP contribution in [0.4, 0.5) is 0 Å². The average Bonchev–Trinajstić information content (AvgIpc) is 2.63. The van der Waals surface area contributed by atoms with Crippen molar-refractivity contribution in [1.29, 1.82) is 0 Å². The lowest BCUT2D eigenvalue weighted by Crippen LogP contribution is -2.32. The van der Waals surface area contributed by atoms with Crippen LogP contribution in [0.3, 0.4) is 0 Å². The SMILES string of the molecule is N[C@@H](Cc1c[nH]c2cccc(I)c12)C(=O)O. The molecule has 0 amide bonds. The van der Waals surface area contributed by atoms with Crippen LogP contribution >= 0.6 is 22.6 Å². The first kappa shape index (κ1) is 11.4. The molecule has 1 heterocycles. The van der Waals surface area contributed by atoms with Crippen molar-refractivity contribution in [2.75, 3.05) is 0 Å². The van der Waals surface area contributed by atoms with Crippen molar-refractivity contribution in [3.05, 3.63) is 33.5 Å². The van der Waals surface area contributed by atoms with E-state index in [0.717, 1.165) is 20.0 Å². The summed E-state index contributed by atoms with van der Waals surface area (Å²) in [6, 6.07) is 5.07. The monoisotopic (exact) mass is 330 g/mol. The molecule has 2 aromatic rings. The first-order valence-electron chi connectivity index (χ1n) is 4.82. The van der Waals surface area contributed by atoms with Gasteiger partial charge in [-0.1, -0.05) is 6.07 Å². The molecule has 2 rings (SSSR count). The third-order valence-corrected chi connectivity index (χ3v) is 3.39. The van der Waals surface area contributed by atoms with Crippen LogP contribution < -0.4 is 5.73 Å². The Hall–Kier alpha value is -1.08. The highest BCUT2D eigenvalue weighted by molar-refractivity contribution is 14.1. The highest BCUT2D eigenvalue weighted by Gasteiger charge is 2.15. The molecule has 1 aromatic carbocycles. The molecule has 0 unspecified atom stereocenters. The van der Waals surface area contributed by atoms with Crippen LogP contribution in [-0.2, 0) is 11.2 Å². The van der Waals surface area contributed by atoms with Gasteiger partial charge in [0.25, 0.3) is 0 Å². The Labute approximate surface area is 106 Å². The molecular weight excluding hydrogens is 319 g/mol. The van der Waals surface area contributed by atoms with Gasteiger partial charge in [-0.25, -0.2) is 0 Å². The second-order valence-electron chi connectivity index (χ2n) is 3.63. The fourth-order valence-electron chi connectivity index (χ4n) is 1.69. The average molecular weight is 330 g/mol. The number of fused-ring (bicyclic) bond motifs is 1. The molecule has 0 bridgehead atoms. The maximum Gasteiger partial charge on any atom is 0.320 e. The molecule has 1 atom stereocenters. The van der Waals surface area contributed by atoms with Gasteiger partial charge in [-0.15, -0.1) is 0 Å². The van der Waals surface area contributed by atoms with Crippen molar-refractivity contribution in [2.45, 2.75) is 12.5 Å². The molecule has 0 saturated heterocycles. The first-order chi connectivity index (χ1) is 7.59. The zero-order chi connectivity index (χ0) is 11.7. The molecule has 0 aliphatic rings. The maximum atomic E-state index is 10.7. The molecule has 5 heteroatoms. The number of H-pyrrole nitrogens is 1. The molecule has 4 nitrogen and oxygen atoms in total. The number of nitrogens with one attached hydrogen (secondary N) is 1. The molecule has 0 saturated carbocycles. The number of aromatic nitrogens is 1. The lowest BCUT2D eigenvalue weighted by molar-refractivity contribution is -0.138. The fraction of sp³-hybridized carbons (Fsp3) is 0.182. The van der Waals surface area contributed by atoms with Gasteiger partial charge in [-0.3, -0.25) is 4.79 Å². The molecule has 0 aliphatic heterocycles. The minimum Gasteiger partial charge on any atom is -0.480 e. The number of carboxylic acids is 1. The number of rotatable bonds is 3. The van der Waals surface area contributed by atoms with Crippen molar-refractivity contribution in [3.63, 3.8) is 0 Å². The van der Waals surface area contributed by atoms with E-state index >= 15 is 0 Å². The minimum atomic E-state index is -0.972. The molecule has 84 valence electrons. The molecule has 4 N–H and O–H groups in total. The van der Waals surface area contributed by atoms with Gasteiger partial charge in [0.1, 0.15) is 6.04 Å². The Bertz CT molecular complexity index is 536. The summed E-state index contributed by atoms with van der Waals surface area (Å²) in [5.41, 5.74) is 7.50. The van der Waals surface area contributed by atoms with E-state index in [9.17, 15) is 4.79 Å². The molecule has 0 aliphatic carbocycles. The van der Waals surface area contributed by atoms with Crippen LogP contribution in [0.1, 0.15) is 5.56 Å². The predicted molar refractivity (Wildman–Crippen MR) is 70.3 cm³/mol. The third kappa shape index (κ3) is 2.05. The van der Waals surface area contributed by atoms with Crippen LogP contribution in [0, 0.1) is 3.57 Å². The van der Waals surface area contributed by atoms with Crippen LogP contribution in [0.25, 0.3) is 10.9 Å². The van der Waals surface area contributed by atoms with E-state index in [2.05, 4.69) is 27.6 Å². The number of benzene rings is 1. The van der Waals surface area contributed by atoms with Gasteiger partial charge in [0.05, 0.1) is 0 Å². The summed E-state index contributed by atoms with van der Waals surface area (Å²) in [7, 11) is 0. The number of nitrogens with two attached hydrogens (primary N) is 1. The Morgan fingerprint density at radius 1 is 1.56 bits per heavy atom. The van der Waals surface area contributed by atoms with Gasteiger partial charge < -0.3 is 15.8 Å². The van der Waals surface area contributed by atoms with E-state index in [4.69, 9.17) is 10.8 Å². The summed E-state index contributed by atoms with van der Waals surface area (Å²) in [5, 5.41) is 9.85. The summed E-state index contributed by atoms with van der Waals surface area (Å²) < 4.78 is 1.10. The van der Waals surface area contributed by atoms with Crippen LogP contribution in [0.5, 0.6) is 0 Å².